The topological polar surface area (TPSA) is 63.4 Å². The zero-order valence-corrected chi connectivity index (χ0v) is 10.6. The number of halogens is 2. The molecule has 0 saturated heterocycles. The van der Waals surface area contributed by atoms with Gasteiger partial charge < -0.3 is 5.11 Å². The lowest BCUT2D eigenvalue weighted by molar-refractivity contribution is -0.491. The molecule has 0 radical (unpaired) electrons. The average molecular weight is 282 g/mol. The lowest BCUT2D eigenvalue weighted by Crippen LogP contribution is -2.12. The van der Waals surface area contributed by atoms with Crippen molar-refractivity contribution in [3.05, 3.63) is 37.9 Å². The second-order valence-corrected chi connectivity index (χ2v) is 4.73. The number of thioether (sulfide) groups is 1. The van der Waals surface area contributed by atoms with E-state index in [9.17, 15) is 15.2 Å². The fourth-order valence-electron chi connectivity index (χ4n) is 1.23. The van der Waals surface area contributed by atoms with Crippen LogP contribution in [0.25, 0.3) is 0 Å². The number of nitrogens with zero attached hydrogens (tertiary/aromatic N) is 1. The molecule has 1 aromatic carbocycles. The third-order valence-electron chi connectivity index (χ3n) is 1.94. The largest absolute Gasteiger partial charge is 0.381 e. The van der Waals surface area contributed by atoms with Gasteiger partial charge in [-0.3, -0.25) is 10.1 Å². The summed E-state index contributed by atoms with van der Waals surface area (Å²) >= 11 is 13.3. The maximum absolute atomic E-state index is 10.3. The Bertz CT molecular complexity index is 391. The number of rotatable bonds is 4. The van der Waals surface area contributed by atoms with Crippen LogP contribution < -0.4 is 0 Å². The van der Waals surface area contributed by atoms with E-state index in [4.69, 9.17) is 23.2 Å². The Hall–Kier alpha value is -0.490. The molecule has 0 heterocycles. The summed E-state index contributed by atoms with van der Waals surface area (Å²) in [5.41, 5.74) is 0.206. The van der Waals surface area contributed by atoms with Gasteiger partial charge in [0.1, 0.15) is 6.10 Å². The maximum atomic E-state index is 10.3. The monoisotopic (exact) mass is 281 g/mol. The highest BCUT2D eigenvalue weighted by molar-refractivity contribution is 7.98. The second kappa shape index (κ2) is 5.72. The summed E-state index contributed by atoms with van der Waals surface area (Å²) in [6, 6.07) is 3.24. The maximum Gasteiger partial charge on any atom is 0.233 e. The van der Waals surface area contributed by atoms with Gasteiger partial charge in [-0.05, 0) is 18.4 Å². The zero-order chi connectivity index (χ0) is 12.3. The van der Waals surface area contributed by atoms with Crippen LogP contribution in [0.3, 0.4) is 0 Å². The molecule has 0 aliphatic heterocycles. The van der Waals surface area contributed by atoms with Crippen LogP contribution in [0.5, 0.6) is 0 Å². The Morgan fingerprint density at radius 3 is 2.38 bits per heavy atom. The molecule has 16 heavy (non-hydrogen) atoms. The van der Waals surface area contributed by atoms with Crippen molar-refractivity contribution >= 4 is 35.0 Å². The average Bonchev–Trinajstić information content (AvgIpc) is 2.15. The van der Waals surface area contributed by atoms with E-state index in [1.165, 1.54) is 11.8 Å². The van der Waals surface area contributed by atoms with Gasteiger partial charge >= 0.3 is 0 Å². The van der Waals surface area contributed by atoms with Gasteiger partial charge in [-0.15, -0.1) is 11.8 Å². The summed E-state index contributed by atoms with van der Waals surface area (Å²) in [6.45, 7) is -0.613. The van der Waals surface area contributed by atoms with Gasteiger partial charge in [0.15, 0.2) is 0 Å². The Kier molecular flexibility index (Phi) is 4.86. The molecule has 0 aliphatic carbocycles. The van der Waals surface area contributed by atoms with Crippen molar-refractivity contribution in [2.24, 2.45) is 0 Å². The Balaban J connectivity index is 3.08. The summed E-state index contributed by atoms with van der Waals surface area (Å²) in [7, 11) is 0. The molecule has 0 bridgehead atoms. The highest BCUT2D eigenvalue weighted by Gasteiger charge is 2.21. The minimum atomic E-state index is -1.29. The van der Waals surface area contributed by atoms with Gasteiger partial charge in [0, 0.05) is 25.4 Å². The van der Waals surface area contributed by atoms with Gasteiger partial charge in [0.05, 0.1) is 0 Å². The van der Waals surface area contributed by atoms with E-state index < -0.39 is 17.6 Å². The van der Waals surface area contributed by atoms with Crippen LogP contribution in [0.2, 0.25) is 10.0 Å². The predicted octanol–water partition coefficient (Wildman–Crippen LogP) is 3.03. The van der Waals surface area contributed by atoms with Crippen molar-refractivity contribution in [1.82, 2.24) is 0 Å². The molecule has 1 aromatic rings. The molecule has 0 fully saturated rings. The summed E-state index contributed by atoms with van der Waals surface area (Å²) in [6.07, 6.45) is 0.570. The highest BCUT2D eigenvalue weighted by atomic mass is 35.5. The van der Waals surface area contributed by atoms with E-state index in [2.05, 4.69) is 0 Å². The third-order valence-corrected chi connectivity index (χ3v) is 3.28. The molecule has 1 unspecified atom stereocenters. The molecular weight excluding hydrogens is 273 g/mol. The van der Waals surface area contributed by atoms with Crippen molar-refractivity contribution in [3.63, 3.8) is 0 Å². The molecule has 0 spiro atoms. The Morgan fingerprint density at radius 2 is 2.00 bits per heavy atom. The Labute approximate surface area is 107 Å². The van der Waals surface area contributed by atoms with Crippen molar-refractivity contribution < 1.29 is 10.0 Å². The fourth-order valence-corrected chi connectivity index (χ4v) is 2.57. The van der Waals surface area contributed by atoms with Gasteiger partial charge in [-0.2, -0.15) is 0 Å². The number of hydrogen-bond acceptors (Lipinski definition) is 4. The highest BCUT2D eigenvalue weighted by Crippen LogP contribution is 2.34. The van der Waals surface area contributed by atoms with Crippen LogP contribution in [-0.4, -0.2) is 22.8 Å². The molecule has 0 aliphatic rings. The molecule has 1 N–H and O–H groups in total. The van der Waals surface area contributed by atoms with Crippen LogP contribution in [0.4, 0.5) is 0 Å². The van der Waals surface area contributed by atoms with E-state index in [1.807, 2.05) is 6.26 Å². The van der Waals surface area contributed by atoms with Crippen molar-refractivity contribution in [2.45, 2.75) is 11.0 Å². The molecule has 4 nitrogen and oxygen atoms in total. The Morgan fingerprint density at radius 1 is 1.50 bits per heavy atom. The second-order valence-electron chi connectivity index (χ2n) is 3.04. The first-order valence-corrected chi connectivity index (χ1v) is 6.26. The van der Waals surface area contributed by atoms with E-state index in [0.717, 1.165) is 4.90 Å². The first kappa shape index (κ1) is 13.6. The lowest BCUT2D eigenvalue weighted by Gasteiger charge is -2.12. The smallest absolute Gasteiger partial charge is 0.233 e. The third kappa shape index (κ3) is 3.25. The zero-order valence-electron chi connectivity index (χ0n) is 8.31. The van der Waals surface area contributed by atoms with Gasteiger partial charge in [0.2, 0.25) is 6.54 Å². The van der Waals surface area contributed by atoms with Crippen LogP contribution in [-0.2, 0) is 0 Å². The minimum absolute atomic E-state index is 0.206. The normalized spacial score (nSPS) is 12.5. The summed E-state index contributed by atoms with van der Waals surface area (Å²) < 4.78 is 0. The quantitative estimate of drug-likeness (QED) is 0.524. The standard InChI is InChI=1S/C9H9Cl2NO3S/c1-16-5-2-6(10)9(7(11)3-5)8(13)4-12(14)15/h2-3,8,13H,4H2,1H3. The summed E-state index contributed by atoms with van der Waals surface area (Å²) in [5.74, 6) is 0. The van der Waals surface area contributed by atoms with Crippen LogP contribution in [0, 0.1) is 10.1 Å². The molecule has 0 aromatic heterocycles. The molecule has 88 valence electrons. The van der Waals surface area contributed by atoms with Gasteiger partial charge in [-0.25, -0.2) is 0 Å². The first-order valence-electron chi connectivity index (χ1n) is 4.28. The van der Waals surface area contributed by atoms with Crippen molar-refractivity contribution in [3.8, 4) is 0 Å². The molecule has 1 atom stereocenters. The molecule has 0 saturated carbocycles. The molecular formula is C9H9Cl2NO3S. The van der Waals surface area contributed by atoms with Gasteiger partial charge in [0.25, 0.3) is 0 Å². The summed E-state index contributed by atoms with van der Waals surface area (Å²) in [4.78, 5) is 10.5. The van der Waals surface area contributed by atoms with Crippen molar-refractivity contribution in [2.75, 3.05) is 12.8 Å². The lowest BCUT2D eigenvalue weighted by atomic mass is 10.1. The van der Waals surface area contributed by atoms with Crippen LogP contribution >= 0.6 is 35.0 Å². The van der Waals surface area contributed by atoms with E-state index >= 15 is 0 Å². The summed E-state index contributed by atoms with van der Waals surface area (Å²) in [5, 5.41) is 20.4. The van der Waals surface area contributed by atoms with E-state index in [1.54, 1.807) is 12.1 Å². The molecule has 1 rings (SSSR count). The fraction of sp³-hybridized carbons (Fsp3) is 0.333. The van der Waals surface area contributed by atoms with Crippen LogP contribution in [0.1, 0.15) is 11.7 Å². The minimum Gasteiger partial charge on any atom is -0.381 e. The molecule has 7 heteroatoms. The number of aliphatic hydroxyl groups excluding tert-OH is 1. The SMILES string of the molecule is CSc1cc(Cl)c(C(O)C[N+](=O)[O-])c(Cl)c1. The number of benzene rings is 1. The molecule has 0 amide bonds. The van der Waals surface area contributed by atoms with Crippen molar-refractivity contribution in [1.29, 1.82) is 0 Å². The number of aliphatic hydroxyl groups is 1. The predicted molar refractivity (Wildman–Crippen MR) is 65.1 cm³/mol. The number of hydrogen-bond donors (Lipinski definition) is 1. The number of nitro groups is 1. The first-order chi connectivity index (χ1) is 7.45. The van der Waals surface area contributed by atoms with E-state index in [0.29, 0.717) is 0 Å². The van der Waals surface area contributed by atoms with Gasteiger partial charge in [-0.1, -0.05) is 23.2 Å². The van der Waals surface area contributed by atoms with Crippen LogP contribution in [0.15, 0.2) is 17.0 Å². The van der Waals surface area contributed by atoms with E-state index in [-0.39, 0.29) is 15.6 Å².